The van der Waals surface area contributed by atoms with E-state index in [0.29, 0.717) is 16.5 Å². The Balaban J connectivity index is 1.98. The summed E-state index contributed by atoms with van der Waals surface area (Å²) < 4.78 is 22.9. The molecule has 1 atom stereocenters. The lowest BCUT2D eigenvalue weighted by molar-refractivity contribution is -0.123. The third-order valence-electron chi connectivity index (χ3n) is 3.15. The van der Waals surface area contributed by atoms with Crippen molar-refractivity contribution in [3.63, 3.8) is 0 Å². The average Bonchev–Trinajstić information content (AvgIpc) is 2.55. The normalized spacial score (nSPS) is 11.5. The van der Waals surface area contributed by atoms with Crippen LogP contribution in [0.4, 0.5) is 10.1 Å². The number of methoxy groups -OCH3 is 1. The lowest BCUT2D eigenvalue weighted by Crippen LogP contribution is -2.30. The second kappa shape index (κ2) is 7.79. The Morgan fingerprint density at radius 1 is 1.17 bits per heavy atom. The highest BCUT2D eigenvalue weighted by molar-refractivity contribution is 6.32. The zero-order valence-electron chi connectivity index (χ0n) is 13.0. The molecule has 0 aromatic heterocycles. The van der Waals surface area contributed by atoms with E-state index < -0.39 is 23.8 Å². The Labute approximate surface area is 143 Å². The van der Waals surface area contributed by atoms with Crippen molar-refractivity contribution in [2.45, 2.75) is 13.0 Å². The first kappa shape index (κ1) is 17.7. The number of ether oxygens (including phenoxy) is 2. The number of carbonyl (C=O) groups excluding carboxylic acids is 2. The van der Waals surface area contributed by atoms with Crippen LogP contribution in [0.15, 0.2) is 42.5 Å². The van der Waals surface area contributed by atoms with E-state index in [2.05, 4.69) is 5.32 Å². The fourth-order valence-electron chi connectivity index (χ4n) is 1.86. The first-order valence-electron chi connectivity index (χ1n) is 7.01. The first-order chi connectivity index (χ1) is 11.4. The number of halogens is 2. The molecule has 7 heteroatoms. The van der Waals surface area contributed by atoms with Crippen LogP contribution >= 0.6 is 11.6 Å². The quantitative estimate of drug-likeness (QED) is 0.835. The molecule has 5 nitrogen and oxygen atoms in total. The SMILES string of the molecule is COc1ccc(NC(=O)C(C)OC(=O)c2ccc(F)cc2)cc1Cl. The van der Waals surface area contributed by atoms with Gasteiger partial charge in [-0.1, -0.05) is 11.6 Å². The molecule has 1 N–H and O–H groups in total. The fourth-order valence-corrected chi connectivity index (χ4v) is 2.11. The molecule has 0 bridgehead atoms. The van der Waals surface area contributed by atoms with Crippen molar-refractivity contribution >= 4 is 29.2 Å². The lowest BCUT2D eigenvalue weighted by Gasteiger charge is -2.14. The molecule has 1 unspecified atom stereocenters. The third kappa shape index (κ3) is 4.45. The van der Waals surface area contributed by atoms with E-state index >= 15 is 0 Å². The minimum Gasteiger partial charge on any atom is -0.495 e. The van der Waals surface area contributed by atoms with E-state index in [1.54, 1.807) is 12.1 Å². The summed E-state index contributed by atoms with van der Waals surface area (Å²) in [6.07, 6.45) is -1.04. The Morgan fingerprint density at radius 3 is 2.42 bits per heavy atom. The molecule has 0 fully saturated rings. The highest BCUT2D eigenvalue weighted by Gasteiger charge is 2.19. The van der Waals surface area contributed by atoms with Gasteiger partial charge in [-0.05, 0) is 49.4 Å². The maximum Gasteiger partial charge on any atom is 0.338 e. The van der Waals surface area contributed by atoms with Crippen LogP contribution in [0.2, 0.25) is 5.02 Å². The Bertz CT molecular complexity index is 749. The monoisotopic (exact) mass is 351 g/mol. The van der Waals surface area contributed by atoms with E-state index in [1.807, 2.05) is 0 Å². The summed E-state index contributed by atoms with van der Waals surface area (Å²) in [5, 5.41) is 2.92. The van der Waals surface area contributed by atoms with Crippen molar-refractivity contribution in [3.8, 4) is 5.75 Å². The van der Waals surface area contributed by atoms with Crippen LogP contribution in [-0.2, 0) is 9.53 Å². The first-order valence-corrected chi connectivity index (χ1v) is 7.39. The molecular formula is C17H15ClFNO4. The highest BCUT2D eigenvalue weighted by Crippen LogP contribution is 2.27. The predicted octanol–water partition coefficient (Wildman–Crippen LogP) is 3.67. The molecule has 126 valence electrons. The topological polar surface area (TPSA) is 64.6 Å². The molecule has 2 aromatic carbocycles. The molecule has 2 rings (SSSR count). The fraction of sp³-hybridized carbons (Fsp3) is 0.176. The molecule has 0 aliphatic heterocycles. The van der Waals surface area contributed by atoms with Gasteiger partial charge in [-0.3, -0.25) is 4.79 Å². The molecular weight excluding hydrogens is 337 g/mol. The molecule has 0 saturated carbocycles. The summed E-state index contributed by atoms with van der Waals surface area (Å²) in [6, 6.07) is 9.58. The maximum absolute atomic E-state index is 12.8. The zero-order valence-corrected chi connectivity index (χ0v) is 13.8. The van der Waals surface area contributed by atoms with Crippen LogP contribution in [0.1, 0.15) is 17.3 Å². The van der Waals surface area contributed by atoms with E-state index in [-0.39, 0.29) is 5.56 Å². The summed E-state index contributed by atoms with van der Waals surface area (Å²) in [5.74, 6) is -1.23. The smallest absolute Gasteiger partial charge is 0.338 e. The number of hydrogen-bond donors (Lipinski definition) is 1. The van der Waals surface area contributed by atoms with Gasteiger partial charge in [0, 0.05) is 5.69 Å². The van der Waals surface area contributed by atoms with Crippen LogP contribution in [0.5, 0.6) is 5.75 Å². The van der Waals surface area contributed by atoms with Gasteiger partial charge in [-0.15, -0.1) is 0 Å². The van der Waals surface area contributed by atoms with E-state index in [1.165, 1.54) is 32.2 Å². The predicted molar refractivity (Wildman–Crippen MR) is 87.9 cm³/mol. The number of nitrogens with one attached hydrogen (secondary N) is 1. The third-order valence-corrected chi connectivity index (χ3v) is 3.45. The van der Waals surface area contributed by atoms with Gasteiger partial charge in [0.15, 0.2) is 6.10 Å². The molecule has 1 amide bonds. The van der Waals surface area contributed by atoms with Gasteiger partial charge in [0.25, 0.3) is 5.91 Å². The van der Waals surface area contributed by atoms with E-state index in [4.69, 9.17) is 21.1 Å². The molecule has 0 spiro atoms. The Kier molecular flexibility index (Phi) is 5.76. The van der Waals surface area contributed by atoms with Crippen LogP contribution in [-0.4, -0.2) is 25.1 Å². The number of hydrogen-bond acceptors (Lipinski definition) is 4. The van der Waals surface area contributed by atoms with Crippen LogP contribution in [0, 0.1) is 5.82 Å². The van der Waals surface area contributed by atoms with Gasteiger partial charge >= 0.3 is 5.97 Å². The van der Waals surface area contributed by atoms with E-state index in [9.17, 15) is 14.0 Å². The molecule has 0 heterocycles. The van der Waals surface area contributed by atoms with Crippen molar-refractivity contribution in [2.24, 2.45) is 0 Å². The van der Waals surface area contributed by atoms with Crippen LogP contribution < -0.4 is 10.1 Å². The van der Waals surface area contributed by atoms with Gasteiger partial charge in [-0.25, -0.2) is 9.18 Å². The summed E-state index contributed by atoms with van der Waals surface area (Å²) in [5.41, 5.74) is 0.596. The summed E-state index contributed by atoms with van der Waals surface area (Å²) >= 11 is 5.98. The number of benzene rings is 2. The van der Waals surface area contributed by atoms with Crippen molar-refractivity contribution in [3.05, 3.63) is 58.9 Å². The summed E-state index contributed by atoms with van der Waals surface area (Å²) in [6.45, 7) is 1.43. The largest absolute Gasteiger partial charge is 0.495 e. The zero-order chi connectivity index (χ0) is 17.7. The minimum atomic E-state index is -1.04. The maximum atomic E-state index is 12.8. The molecule has 24 heavy (non-hydrogen) atoms. The van der Waals surface area contributed by atoms with Crippen molar-refractivity contribution in [1.29, 1.82) is 0 Å². The van der Waals surface area contributed by atoms with Crippen LogP contribution in [0.25, 0.3) is 0 Å². The number of carbonyl (C=O) groups is 2. The molecule has 0 aliphatic rings. The van der Waals surface area contributed by atoms with Gasteiger partial charge in [0.05, 0.1) is 17.7 Å². The molecule has 2 aromatic rings. The van der Waals surface area contributed by atoms with Gasteiger partial charge < -0.3 is 14.8 Å². The van der Waals surface area contributed by atoms with Gasteiger partial charge in [0.2, 0.25) is 0 Å². The number of esters is 1. The Morgan fingerprint density at radius 2 is 1.83 bits per heavy atom. The Hall–Kier alpha value is -2.60. The summed E-state index contributed by atoms with van der Waals surface area (Å²) in [4.78, 5) is 24.0. The minimum absolute atomic E-state index is 0.156. The molecule has 0 saturated heterocycles. The average molecular weight is 352 g/mol. The lowest BCUT2D eigenvalue weighted by atomic mass is 10.2. The van der Waals surface area contributed by atoms with Crippen LogP contribution in [0.3, 0.4) is 0 Å². The number of rotatable bonds is 5. The van der Waals surface area contributed by atoms with E-state index in [0.717, 1.165) is 12.1 Å². The van der Waals surface area contributed by atoms with Gasteiger partial charge in [-0.2, -0.15) is 0 Å². The second-order valence-electron chi connectivity index (χ2n) is 4.89. The highest BCUT2D eigenvalue weighted by atomic mass is 35.5. The molecule has 0 radical (unpaired) electrons. The van der Waals surface area contributed by atoms with Gasteiger partial charge in [0.1, 0.15) is 11.6 Å². The summed E-state index contributed by atoms with van der Waals surface area (Å²) in [7, 11) is 1.48. The standard InChI is InChI=1S/C17H15ClFNO4/c1-10(24-17(22)11-3-5-12(19)6-4-11)16(21)20-13-7-8-15(23-2)14(18)9-13/h3-10H,1-2H3,(H,20,21). The number of anilines is 1. The molecule has 0 aliphatic carbocycles. The second-order valence-corrected chi connectivity index (χ2v) is 5.30. The van der Waals surface area contributed by atoms with Crippen molar-refractivity contribution in [2.75, 3.05) is 12.4 Å². The number of amides is 1. The van der Waals surface area contributed by atoms with Crippen molar-refractivity contribution in [1.82, 2.24) is 0 Å². The van der Waals surface area contributed by atoms with Crippen molar-refractivity contribution < 1.29 is 23.5 Å².